The van der Waals surface area contributed by atoms with Crippen LogP contribution < -0.4 is 5.32 Å². The molecule has 0 spiro atoms. The maximum Gasteiger partial charge on any atom is 0.00952 e. The Bertz CT molecular complexity index is 149. The van der Waals surface area contributed by atoms with Crippen molar-refractivity contribution in [2.75, 3.05) is 18.6 Å². The molecule has 1 N–H and O–H groups in total. The number of rotatable bonds is 5. The molecule has 0 aromatic carbocycles. The third kappa shape index (κ3) is 4.22. The van der Waals surface area contributed by atoms with E-state index in [9.17, 15) is 0 Å². The Morgan fingerprint density at radius 2 is 2.07 bits per heavy atom. The van der Waals surface area contributed by atoms with Gasteiger partial charge in [-0.25, -0.2) is 0 Å². The second-order valence-corrected chi connectivity index (χ2v) is 5.79. The highest BCUT2D eigenvalue weighted by molar-refractivity contribution is 7.98. The van der Waals surface area contributed by atoms with Crippen molar-refractivity contribution in [1.82, 2.24) is 5.32 Å². The summed E-state index contributed by atoms with van der Waals surface area (Å²) in [7, 11) is 0. The molecule has 2 heteroatoms. The Balaban J connectivity index is 2.14. The lowest BCUT2D eigenvalue weighted by atomic mass is 9.80. The number of hydrogen-bond donors (Lipinski definition) is 1. The zero-order valence-corrected chi connectivity index (χ0v) is 10.7. The molecule has 1 nitrogen and oxygen atoms in total. The van der Waals surface area contributed by atoms with Crippen LogP contribution in [0.2, 0.25) is 0 Å². The fraction of sp³-hybridized carbons (Fsp3) is 1.00. The van der Waals surface area contributed by atoms with Crippen molar-refractivity contribution in [3.05, 3.63) is 0 Å². The highest BCUT2D eigenvalue weighted by atomic mass is 32.2. The summed E-state index contributed by atoms with van der Waals surface area (Å²) in [5, 5.41) is 3.72. The van der Waals surface area contributed by atoms with Crippen molar-refractivity contribution in [2.45, 2.75) is 45.6 Å². The van der Waals surface area contributed by atoms with Gasteiger partial charge >= 0.3 is 0 Å². The van der Waals surface area contributed by atoms with Gasteiger partial charge in [0.25, 0.3) is 0 Å². The van der Waals surface area contributed by atoms with Crippen LogP contribution in [0.5, 0.6) is 0 Å². The zero-order chi connectivity index (χ0) is 10.4. The average Bonchev–Trinajstić information content (AvgIpc) is 2.18. The van der Waals surface area contributed by atoms with Gasteiger partial charge in [-0.1, -0.05) is 20.3 Å². The number of nitrogens with one attached hydrogen (secondary N) is 1. The van der Waals surface area contributed by atoms with Crippen LogP contribution in [0.3, 0.4) is 0 Å². The van der Waals surface area contributed by atoms with E-state index in [4.69, 9.17) is 0 Å². The van der Waals surface area contributed by atoms with E-state index in [0.717, 1.165) is 17.9 Å². The van der Waals surface area contributed by atoms with Gasteiger partial charge in [0.2, 0.25) is 0 Å². The minimum absolute atomic E-state index is 0.792. The standard InChI is InChI=1S/C12H25NS/c1-10-5-6-11(2)12(9-10)13-7-4-8-14-3/h10-13H,4-9H2,1-3H3. The molecule has 1 fully saturated rings. The first-order valence-corrected chi connectivity index (χ1v) is 7.35. The lowest BCUT2D eigenvalue weighted by Gasteiger charge is -2.33. The second kappa shape index (κ2) is 6.73. The predicted octanol–water partition coefficient (Wildman–Crippen LogP) is 3.15. The van der Waals surface area contributed by atoms with E-state index in [1.54, 1.807) is 0 Å². The predicted molar refractivity (Wildman–Crippen MR) is 67.0 cm³/mol. The van der Waals surface area contributed by atoms with Crippen LogP contribution in [0.4, 0.5) is 0 Å². The van der Waals surface area contributed by atoms with Crippen LogP contribution in [0.25, 0.3) is 0 Å². The Morgan fingerprint density at radius 3 is 2.79 bits per heavy atom. The average molecular weight is 215 g/mol. The summed E-state index contributed by atoms with van der Waals surface area (Å²) in [5.74, 6) is 3.12. The molecule has 0 heterocycles. The first-order chi connectivity index (χ1) is 6.74. The molecular formula is C12H25NS. The van der Waals surface area contributed by atoms with Crippen molar-refractivity contribution in [1.29, 1.82) is 0 Å². The van der Waals surface area contributed by atoms with Crippen LogP contribution in [0.1, 0.15) is 39.5 Å². The molecule has 0 saturated heterocycles. The Hall–Kier alpha value is 0.310. The van der Waals surface area contributed by atoms with E-state index in [-0.39, 0.29) is 0 Å². The highest BCUT2D eigenvalue weighted by Gasteiger charge is 2.24. The molecule has 0 amide bonds. The van der Waals surface area contributed by atoms with Crippen LogP contribution in [0.15, 0.2) is 0 Å². The largest absolute Gasteiger partial charge is 0.314 e. The monoisotopic (exact) mass is 215 g/mol. The Labute approximate surface area is 93.4 Å². The lowest BCUT2D eigenvalue weighted by Crippen LogP contribution is -2.40. The molecule has 1 aliphatic rings. The van der Waals surface area contributed by atoms with Crippen LogP contribution in [-0.4, -0.2) is 24.6 Å². The Morgan fingerprint density at radius 1 is 1.29 bits per heavy atom. The molecule has 1 aliphatic carbocycles. The molecule has 1 saturated carbocycles. The van der Waals surface area contributed by atoms with Crippen molar-refractivity contribution in [2.24, 2.45) is 11.8 Å². The van der Waals surface area contributed by atoms with E-state index in [1.807, 2.05) is 11.8 Å². The fourth-order valence-electron chi connectivity index (χ4n) is 2.32. The van der Waals surface area contributed by atoms with Crippen LogP contribution in [-0.2, 0) is 0 Å². The molecule has 3 atom stereocenters. The Kier molecular flexibility index (Phi) is 5.95. The minimum atomic E-state index is 0.792. The molecular weight excluding hydrogens is 190 g/mol. The molecule has 0 aromatic rings. The molecule has 84 valence electrons. The fourth-order valence-corrected chi connectivity index (χ4v) is 2.75. The molecule has 0 bridgehead atoms. The topological polar surface area (TPSA) is 12.0 Å². The van der Waals surface area contributed by atoms with Crippen molar-refractivity contribution < 1.29 is 0 Å². The third-order valence-corrected chi connectivity index (χ3v) is 4.09. The van der Waals surface area contributed by atoms with Crippen LogP contribution >= 0.6 is 11.8 Å². The van der Waals surface area contributed by atoms with Gasteiger partial charge in [-0.3, -0.25) is 0 Å². The zero-order valence-electron chi connectivity index (χ0n) is 9.88. The lowest BCUT2D eigenvalue weighted by molar-refractivity contribution is 0.229. The van der Waals surface area contributed by atoms with E-state index < -0.39 is 0 Å². The normalized spacial score (nSPS) is 33.2. The van der Waals surface area contributed by atoms with Gasteiger partial charge in [-0.05, 0) is 49.7 Å². The molecule has 0 aliphatic heterocycles. The van der Waals surface area contributed by atoms with Gasteiger partial charge < -0.3 is 5.32 Å². The van der Waals surface area contributed by atoms with E-state index in [0.29, 0.717) is 0 Å². The summed E-state index contributed by atoms with van der Waals surface area (Å²) in [5.41, 5.74) is 0. The maximum atomic E-state index is 3.72. The summed E-state index contributed by atoms with van der Waals surface area (Å²) in [6.07, 6.45) is 7.75. The molecule has 3 unspecified atom stereocenters. The maximum absolute atomic E-state index is 3.72. The van der Waals surface area contributed by atoms with Crippen LogP contribution in [0, 0.1) is 11.8 Å². The third-order valence-electron chi connectivity index (χ3n) is 3.39. The van der Waals surface area contributed by atoms with Gasteiger partial charge in [-0.15, -0.1) is 0 Å². The second-order valence-electron chi connectivity index (χ2n) is 4.80. The SMILES string of the molecule is CSCCCNC1CC(C)CCC1C. The van der Waals surface area contributed by atoms with E-state index in [1.165, 1.54) is 38.0 Å². The van der Waals surface area contributed by atoms with Gasteiger partial charge in [0, 0.05) is 6.04 Å². The van der Waals surface area contributed by atoms with Gasteiger partial charge in [-0.2, -0.15) is 11.8 Å². The smallest absolute Gasteiger partial charge is 0.00952 e. The van der Waals surface area contributed by atoms with E-state index in [2.05, 4.69) is 25.4 Å². The highest BCUT2D eigenvalue weighted by Crippen LogP contribution is 2.28. The molecule has 0 aromatic heterocycles. The number of thioether (sulfide) groups is 1. The summed E-state index contributed by atoms with van der Waals surface area (Å²) in [6, 6.07) is 0.792. The van der Waals surface area contributed by atoms with E-state index >= 15 is 0 Å². The molecule has 1 rings (SSSR count). The van der Waals surface area contributed by atoms with Gasteiger partial charge in [0.15, 0.2) is 0 Å². The first-order valence-electron chi connectivity index (χ1n) is 5.96. The summed E-state index contributed by atoms with van der Waals surface area (Å²) in [6.45, 7) is 6.00. The minimum Gasteiger partial charge on any atom is -0.314 e. The quantitative estimate of drug-likeness (QED) is 0.707. The summed E-state index contributed by atoms with van der Waals surface area (Å²) in [4.78, 5) is 0. The molecule has 14 heavy (non-hydrogen) atoms. The summed E-state index contributed by atoms with van der Waals surface area (Å²) < 4.78 is 0. The summed E-state index contributed by atoms with van der Waals surface area (Å²) >= 11 is 1.95. The van der Waals surface area contributed by atoms with Crippen molar-refractivity contribution in [3.63, 3.8) is 0 Å². The molecule has 0 radical (unpaired) electrons. The first kappa shape index (κ1) is 12.4. The van der Waals surface area contributed by atoms with Crippen molar-refractivity contribution in [3.8, 4) is 0 Å². The number of hydrogen-bond acceptors (Lipinski definition) is 2. The van der Waals surface area contributed by atoms with Crippen molar-refractivity contribution >= 4 is 11.8 Å². The van der Waals surface area contributed by atoms with Gasteiger partial charge in [0.05, 0.1) is 0 Å². The van der Waals surface area contributed by atoms with Gasteiger partial charge in [0.1, 0.15) is 0 Å².